The van der Waals surface area contributed by atoms with Gasteiger partial charge >= 0.3 is 0 Å². The van der Waals surface area contributed by atoms with Crippen LogP contribution < -0.4 is 0 Å². The first-order chi connectivity index (χ1) is 6.20. The molecule has 1 unspecified atom stereocenters. The minimum absolute atomic E-state index is 0.548. The molecule has 1 atom stereocenters. The summed E-state index contributed by atoms with van der Waals surface area (Å²) in [6, 6.07) is 0. The second-order valence-corrected chi connectivity index (χ2v) is 3.93. The molecule has 1 rings (SSSR count). The smallest absolute Gasteiger partial charge is 0.0867 e. The summed E-state index contributed by atoms with van der Waals surface area (Å²) in [7, 11) is 0. The molecule has 1 heteroatoms. The molecule has 1 aliphatic carbocycles. The quantitative estimate of drug-likeness (QED) is 0.704. The first-order valence-electron chi connectivity index (χ1n) is 5.31. The molecule has 0 aromatic rings. The van der Waals surface area contributed by atoms with Gasteiger partial charge in [0, 0.05) is 0 Å². The lowest BCUT2D eigenvalue weighted by molar-refractivity contribution is 0.0816. The highest BCUT2D eigenvalue weighted by atomic mass is 16.3. The first kappa shape index (κ1) is 10.5. The third-order valence-corrected chi connectivity index (χ3v) is 2.48. The van der Waals surface area contributed by atoms with E-state index in [4.69, 9.17) is 0 Å². The summed E-state index contributed by atoms with van der Waals surface area (Å²) in [6.45, 7) is 4.28. The summed E-state index contributed by atoms with van der Waals surface area (Å²) in [5.74, 6) is 0. The van der Waals surface area contributed by atoms with Crippen LogP contribution in [0.25, 0.3) is 0 Å². The average Bonchev–Trinajstić information content (AvgIpc) is 2.04. The van der Waals surface area contributed by atoms with E-state index in [0.717, 1.165) is 32.1 Å². The highest BCUT2D eigenvalue weighted by molar-refractivity contribution is 5.28. The van der Waals surface area contributed by atoms with E-state index in [1.54, 1.807) is 0 Å². The third-order valence-electron chi connectivity index (χ3n) is 2.48. The van der Waals surface area contributed by atoms with Gasteiger partial charge in [0.2, 0.25) is 0 Å². The Bertz CT molecular complexity index is 215. The number of hydrogen-bond donors (Lipinski definition) is 1. The van der Waals surface area contributed by atoms with Gasteiger partial charge in [-0.05, 0) is 30.9 Å². The van der Waals surface area contributed by atoms with Gasteiger partial charge in [-0.2, -0.15) is 0 Å². The Morgan fingerprint density at radius 1 is 1.38 bits per heavy atom. The van der Waals surface area contributed by atoms with E-state index < -0.39 is 5.60 Å². The standard InChI is InChI=1S/C12H20O/c1-3-6-11-7-5-9-12(13,10-11)8-4-2/h5,7,10,13H,3-4,6,8-9H2,1-2H3. The van der Waals surface area contributed by atoms with Crippen molar-refractivity contribution in [3.05, 3.63) is 23.8 Å². The van der Waals surface area contributed by atoms with Crippen LogP contribution in [0.3, 0.4) is 0 Å². The van der Waals surface area contributed by atoms with Crippen molar-refractivity contribution in [1.29, 1.82) is 0 Å². The Hall–Kier alpha value is -0.560. The minimum Gasteiger partial charge on any atom is -0.385 e. The Balaban J connectivity index is 2.64. The molecule has 0 heterocycles. The predicted octanol–water partition coefficient (Wildman–Crippen LogP) is 3.20. The SMILES string of the molecule is CCCC1=CC(O)(CCC)CC=C1. The monoisotopic (exact) mass is 180 g/mol. The predicted molar refractivity (Wildman–Crippen MR) is 56.6 cm³/mol. The largest absolute Gasteiger partial charge is 0.385 e. The molecule has 1 nitrogen and oxygen atoms in total. The van der Waals surface area contributed by atoms with Gasteiger partial charge in [0.1, 0.15) is 0 Å². The molecule has 0 aliphatic heterocycles. The molecule has 0 radical (unpaired) electrons. The van der Waals surface area contributed by atoms with Gasteiger partial charge in [-0.1, -0.05) is 38.8 Å². The van der Waals surface area contributed by atoms with Crippen molar-refractivity contribution in [2.24, 2.45) is 0 Å². The van der Waals surface area contributed by atoms with E-state index in [2.05, 4.69) is 32.1 Å². The lowest BCUT2D eigenvalue weighted by Gasteiger charge is -2.26. The zero-order valence-electron chi connectivity index (χ0n) is 8.71. The van der Waals surface area contributed by atoms with Crippen LogP contribution in [-0.4, -0.2) is 10.7 Å². The number of allylic oxidation sites excluding steroid dienone is 2. The second kappa shape index (κ2) is 4.61. The molecular weight excluding hydrogens is 160 g/mol. The lowest BCUT2D eigenvalue weighted by atomic mass is 9.86. The van der Waals surface area contributed by atoms with Gasteiger partial charge in [0.25, 0.3) is 0 Å². The lowest BCUT2D eigenvalue weighted by Crippen LogP contribution is -2.26. The van der Waals surface area contributed by atoms with E-state index >= 15 is 0 Å². The number of rotatable bonds is 4. The maximum atomic E-state index is 10.1. The van der Waals surface area contributed by atoms with Crippen LogP contribution in [0, 0.1) is 0 Å². The topological polar surface area (TPSA) is 20.2 Å². The van der Waals surface area contributed by atoms with E-state index in [0.29, 0.717) is 0 Å². The van der Waals surface area contributed by atoms with E-state index in [1.807, 2.05) is 0 Å². The van der Waals surface area contributed by atoms with Crippen molar-refractivity contribution in [3.8, 4) is 0 Å². The van der Waals surface area contributed by atoms with Crippen molar-refractivity contribution < 1.29 is 5.11 Å². The third kappa shape index (κ3) is 3.00. The van der Waals surface area contributed by atoms with Crippen LogP contribution in [0.15, 0.2) is 23.8 Å². The molecule has 74 valence electrons. The van der Waals surface area contributed by atoms with Crippen molar-refractivity contribution in [3.63, 3.8) is 0 Å². The molecule has 0 saturated heterocycles. The Morgan fingerprint density at radius 3 is 2.77 bits per heavy atom. The maximum absolute atomic E-state index is 10.1. The number of aliphatic hydroxyl groups is 1. The fourth-order valence-electron chi connectivity index (χ4n) is 1.92. The fourth-order valence-corrected chi connectivity index (χ4v) is 1.92. The van der Waals surface area contributed by atoms with Crippen molar-refractivity contribution in [1.82, 2.24) is 0 Å². The Labute approximate surface area is 81.2 Å². The van der Waals surface area contributed by atoms with Crippen LogP contribution in [0.1, 0.15) is 46.0 Å². The molecule has 0 amide bonds. The zero-order chi connectivity index (χ0) is 9.73. The van der Waals surface area contributed by atoms with Crippen LogP contribution >= 0.6 is 0 Å². The van der Waals surface area contributed by atoms with E-state index in [9.17, 15) is 5.11 Å². The van der Waals surface area contributed by atoms with Gasteiger partial charge in [-0.15, -0.1) is 0 Å². The van der Waals surface area contributed by atoms with Gasteiger partial charge in [0.15, 0.2) is 0 Å². The van der Waals surface area contributed by atoms with Crippen LogP contribution in [0.4, 0.5) is 0 Å². The van der Waals surface area contributed by atoms with Crippen LogP contribution in [-0.2, 0) is 0 Å². The first-order valence-corrected chi connectivity index (χ1v) is 5.31. The Kier molecular flexibility index (Phi) is 3.73. The van der Waals surface area contributed by atoms with Crippen molar-refractivity contribution >= 4 is 0 Å². The van der Waals surface area contributed by atoms with Gasteiger partial charge in [0.05, 0.1) is 5.60 Å². The van der Waals surface area contributed by atoms with E-state index in [1.165, 1.54) is 5.57 Å². The maximum Gasteiger partial charge on any atom is 0.0867 e. The van der Waals surface area contributed by atoms with Gasteiger partial charge in [-0.3, -0.25) is 0 Å². The summed E-state index contributed by atoms with van der Waals surface area (Å²) >= 11 is 0. The number of hydrogen-bond acceptors (Lipinski definition) is 1. The summed E-state index contributed by atoms with van der Waals surface area (Å²) in [4.78, 5) is 0. The second-order valence-electron chi connectivity index (χ2n) is 3.93. The molecular formula is C12H20O. The molecule has 0 saturated carbocycles. The van der Waals surface area contributed by atoms with Crippen LogP contribution in [0.2, 0.25) is 0 Å². The summed E-state index contributed by atoms with van der Waals surface area (Å²) < 4.78 is 0. The van der Waals surface area contributed by atoms with E-state index in [-0.39, 0.29) is 0 Å². The molecule has 1 aliphatic rings. The molecule has 0 bridgehead atoms. The molecule has 0 spiro atoms. The fraction of sp³-hybridized carbons (Fsp3) is 0.667. The molecule has 0 fully saturated rings. The molecule has 0 aromatic heterocycles. The highest BCUT2D eigenvalue weighted by Gasteiger charge is 2.23. The summed E-state index contributed by atoms with van der Waals surface area (Å²) in [5, 5.41) is 10.1. The van der Waals surface area contributed by atoms with Crippen molar-refractivity contribution in [2.75, 3.05) is 0 Å². The van der Waals surface area contributed by atoms with Gasteiger partial charge in [-0.25, -0.2) is 0 Å². The highest BCUT2D eigenvalue weighted by Crippen LogP contribution is 2.27. The molecule has 13 heavy (non-hydrogen) atoms. The molecule has 1 N–H and O–H groups in total. The average molecular weight is 180 g/mol. The normalized spacial score (nSPS) is 27.5. The summed E-state index contributed by atoms with van der Waals surface area (Å²) in [6.07, 6.45) is 11.2. The molecule has 0 aromatic carbocycles. The van der Waals surface area contributed by atoms with Gasteiger partial charge < -0.3 is 5.11 Å². The Morgan fingerprint density at radius 2 is 2.15 bits per heavy atom. The van der Waals surface area contributed by atoms with Crippen LogP contribution in [0.5, 0.6) is 0 Å². The minimum atomic E-state index is -0.548. The zero-order valence-corrected chi connectivity index (χ0v) is 8.71. The summed E-state index contributed by atoms with van der Waals surface area (Å²) in [5.41, 5.74) is 0.748. The van der Waals surface area contributed by atoms with Crippen molar-refractivity contribution in [2.45, 2.75) is 51.6 Å².